The molecule has 0 saturated carbocycles. The zero-order valence-corrected chi connectivity index (χ0v) is 6.69. The number of halogens is 1. The van der Waals surface area contributed by atoms with Gasteiger partial charge in [0.25, 0.3) is 16.3 Å². The fraction of sp³-hybridized carbons (Fsp3) is 0. The van der Waals surface area contributed by atoms with Crippen LogP contribution in [-0.2, 0) is 0 Å². The third kappa shape index (κ3) is 1.09. The van der Waals surface area contributed by atoms with Crippen molar-refractivity contribution in [2.24, 2.45) is 0 Å². The second-order valence-electron chi connectivity index (χ2n) is 1.75. The van der Waals surface area contributed by atoms with E-state index in [4.69, 9.17) is 0 Å². The van der Waals surface area contributed by atoms with Crippen LogP contribution in [0.1, 0.15) is 0 Å². The first-order valence-corrected chi connectivity index (χ1v) is 3.52. The van der Waals surface area contributed by atoms with Gasteiger partial charge in [-0.3, -0.25) is 0 Å². The molecular formula is C6H6AlF. The fourth-order valence-electron chi connectivity index (χ4n) is 0.551. The Morgan fingerprint density at radius 2 is 1.88 bits per heavy atom. The molecule has 1 aromatic carbocycles. The van der Waals surface area contributed by atoms with Gasteiger partial charge in [-0.1, -0.05) is 22.6 Å². The van der Waals surface area contributed by atoms with Crippen LogP contribution in [0.3, 0.4) is 0 Å². The van der Waals surface area contributed by atoms with E-state index in [0.717, 1.165) is 20.7 Å². The van der Waals surface area contributed by atoms with Gasteiger partial charge in [0.2, 0.25) is 0 Å². The molecule has 0 amide bonds. The quantitative estimate of drug-likeness (QED) is 0.430. The Balaban J connectivity index is 3.13. The summed E-state index contributed by atoms with van der Waals surface area (Å²) in [6.07, 6.45) is 0. The topological polar surface area (TPSA) is 0 Å². The Morgan fingerprint density at radius 3 is 2.25 bits per heavy atom. The van der Waals surface area contributed by atoms with Gasteiger partial charge in [0.15, 0.2) is 0 Å². The van der Waals surface area contributed by atoms with Crippen molar-refractivity contribution in [2.45, 2.75) is 0 Å². The van der Waals surface area contributed by atoms with E-state index in [1.807, 2.05) is 12.1 Å². The van der Waals surface area contributed by atoms with E-state index in [2.05, 4.69) is 0 Å². The summed E-state index contributed by atoms with van der Waals surface area (Å²) in [5.74, 6) is -0.0702. The SMILES string of the molecule is Fc1cccc[c]1[AlH2]. The second kappa shape index (κ2) is 2.30. The number of rotatable bonds is 0. The van der Waals surface area contributed by atoms with Crippen LogP contribution in [0.5, 0.6) is 0 Å². The van der Waals surface area contributed by atoms with E-state index in [1.54, 1.807) is 6.07 Å². The van der Waals surface area contributed by atoms with Gasteiger partial charge in [0, 0.05) is 0 Å². The maximum atomic E-state index is 12.4. The number of hydrogen-bond donors (Lipinski definition) is 0. The van der Waals surface area contributed by atoms with Crippen LogP contribution in [0.4, 0.5) is 4.39 Å². The minimum absolute atomic E-state index is 0.0702. The van der Waals surface area contributed by atoms with Crippen molar-refractivity contribution in [1.82, 2.24) is 0 Å². The van der Waals surface area contributed by atoms with Crippen LogP contribution in [0.25, 0.3) is 0 Å². The molecule has 8 heavy (non-hydrogen) atoms. The van der Waals surface area contributed by atoms with E-state index >= 15 is 0 Å². The molecule has 0 radical (unpaired) electrons. The molecule has 0 atom stereocenters. The van der Waals surface area contributed by atoms with E-state index in [0.29, 0.717) is 0 Å². The molecule has 0 N–H and O–H groups in total. The highest BCUT2D eigenvalue weighted by molar-refractivity contribution is 6.32. The Hall–Kier alpha value is -0.318. The lowest BCUT2D eigenvalue weighted by atomic mass is 10.3. The predicted molar refractivity (Wildman–Crippen MR) is 34.6 cm³/mol. The molecule has 0 spiro atoms. The third-order valence-corrected chi connectivity index (χ3v) is 1.89. The first kappa shape index (κ1) is 5.81. The molecule has 0 saturated heterocycles. The van der Waals surface area contributed by atoms with Gasteiger partial charge in [0.1, 0.15) is 5.82 Å². The minimum Gasteiger partial charge on any atom is -0.208 e. The summed E-state index contributed by atoms with van der Waals surface area (Å²) in [4.78, 5) is 0. The van der Waals surface area contributed by atoms with Crippen molar-refractivity contribution in [2.75, 3.05) is 0 Å². The van der Waals surface area contributed by atoms with Crippen molar-refractivity contribution in [3.05, 3.63) is 30.1 Å². The van der Waals surface area contributed by atoms with Gasteiger partial charge < -0.3 is 0 Å². The molecule has 1 rings (SSSR count). The molecule has 0 aliphatic heterocycles. The van der Waals surface area contributed by atoms with E-state index < -0.39 is 0 Å². The summed E-state index contributed by atoms with van der Waals surface area (Å²) < 4.78 is 13.2. The molecule has 1 aromatic rings. The molecular weight excluding hydrogens is 118 g/mol. The normalized spacial score (nSPS) is 9.12. The Kier molecular flexibility index (Phi) is 1.67. The van der Waals surface area contributed by atoms with Crippen molar-refractivity contribution in [3.8, 4) is 0 Å². The summed E-state index contributed by atoms with van der Waals surface area (Å²) in [6, 6.07) is 6.85. The van der Waals surface area contributed by atoms with Gasteiger partial charge in [0.05, 0.1) is 0 Å². The summed E-state index contributed by atoms with van der Waals surface area (Å²) >= 11 is 0.801. The summed E-state index contributed by atoms with van der Waals surface area (Å²) in [5, 5.41) is 0. The molecule has 40 valence electrons. The highest BCUT2D eigenvalue weighted by atomic mass is 27.0. The zero-order chi connectivity index (χ0) is 5.98. The Morgan fingerprint density at radius 1 is 1.25 bits per heavy atom. The minimum atomic E-state index is -0.0702. The smallest absolute Gasteiger partial charge is 0.208 e. The average molecular weight is 124 g/mol. The van der Waals surface area contributed by atoms with Crippen molar-refractivity contribution < 1.29 is 4.39 Å². The summed E-state index contributed by atoms with van der Waals surface area (Å²) in [6.45, 7) is 0. The molecule has 0 bridgehead atoms. The van der Waals surface area contributed by atoms with Gasteiger partial charge in [-0.05, 0) is 6.07 Å². The molecule has 0 heterocycles. The number of hydrogen-bond acceptors (Lipinski definition) is 0. The lowest BCUT2D eigenvalue weighted by Gasteiger charge is -1.89. The highest BCUT2D eigenvalue weighted by Crippen LogP contribution is 1.88. The van der Waals surface area contributed by atoms with Gasteiger partial charge >= 0.3 is 0 Å². The highest BCUT2D eigenvalue weighted by Gasteiger charge is 1.88. The average Bonchev–Trinajstić information content (AvgIpc) is 1.77. The molecule has 0 aliphatic rings. The monoisotopic (exact) mass is 124 g/mol. The number of benzene rings is 1. The predicted octanol–water partition coefficient (Wildman–Crippen LogP) is 0.0841. The lowest BCUT2D eigenvalue weighted by Crippen LogP contribution is -2.05. The molecule has 2 heteroatoms. The van der Waals surface area contributed by atoms with Gasteiger partial charge in [-0.2, -0.15) is 0 Å². The summed E-state index contributed by atoms with van der Waals surface area (Å²) in [5.41, 5.74) is 0. The first-order valence-electron chi connectivity index (χ1n) is 2.52. The molecule has 0 aromatic heterocycles. The largest absolute Gasteiger partial charge is 0.263 e. The Labute approximate surface area is 55.8 Å². The Bertz CT molecular complexity index is 165. The van der Waals surface area contributed by atoms with Crippen LogP contribution in [0.2, 0.25) is 0 Å². The van der Waals surface area contributed by atoms with E-state index in [-0.39, 0.29) is 5.82 Å². The van der Waals surface area contributed by atoms with Crippen LogP contribution in [-0.4, -0.2) is 16.3 Å². The van der Waals surface area contributed by atoms with Crippen LogP contribution in [0, 0.1) is 5.82 Å². The van der Waals surface area contributed by atoms with Crippen molar-refractivity contribution >= 4 is 20.7 Å². The molecule has 0 aliphatic carbocycles. The third-order valence-electron chi connectivity index (χ3n) is 1.08. The molecule has 0 fully saturated rings. The van der Waals surface area contributed by atoms with Crippen LogP contribution in [0.15, 0.2) is 24.3 Å². The maximum Gasteiger partial charge on any atom is 0.263 e. The van der Waals surface area contributed by atoms with E-state index in [9.17, 15) is 4.39 Å². The first-order chi connectivity index (χ1) is 3.80. The fourth-order valence-corrected chi connectivity index (χ4v) is 0.910. The standard InChI is InChI=1S/C6H4F.Al.2H/c7-6-4-2-1-3-5-6;;;/h1-4H;;;. The molecule has 0 unspecified atom stereocenters. The lowest BCUT2D eigenvalue weighted by molar-refractivity contribution is 0.636. The van der Waals surface area contributed by atoms with Crippen molar-refractivity contribution in [3.63, 3.8) is 0 Å². The van der Waals surface area contributed by atoms with Crippen molar-refractivity contribution in [1.29, 1.82) is 0 Å². The van der Waals surface area contributed by atoms with Gasteiger partial charge in [-0.15, -0.1) is 0 Å². The zero-order valence-electron chi connectivity index (χ0n) is 4.69. The van der Waals surface area contributed by atoms with Crippen LogP contribution < -0.4 is 4.43 Å². The van der Waals surface area contributed by atoms with E-state index in [1.165, 1.54) is 6.07 Å². The summed E-state index contributed by atoms with van der Waals surface area (Å²) in [7, 11) is 0. The molecule has 0 nitrogen and oxygen atoms in total. The van der Waals surface area contributed by atoms with Crippen LogP contribution >= 0.6 is 0 Å². The maximum absolute atomic E-state index is 12.4. The second-order valence-corrected chi connectivity index (χ2v) is 2.83. The van der Waals surface area contributed by atoms with Gasteiger partial charge in [-0.25, -0.2) is 4.39 Å².